The second kappa shape index (κ2) is 6.68. The number of hydrogen-bond donors (Lipinski definition) is 1. The molecule has 4 aromatic rings. The zero-order chi connectivity index (χ0) is 18.1. The van der Waals surface area contributed by atoms with Crippen molar-refractivity contribution >= 4 is 37.7 Å². The lowest BCUT2D eigenvalue weighted by atomic mass is 10.2. The van der Waals surface area contributed by atoms with Gasteiger partial charge >= 0.3 is 0 Å². The van der Waals surface area contributed by atoms with Crippen LogP contribution in [-0.4, -0.2) is 20.4 Å². The average Bonchev–Trinajstić information content (AvgIpc) is 3.03. The fourth-order valence-electron chi connectivity index (χ4n) is 2.85. The smallest absolute Gasteiger partial charge is 0.272 e. The van der Waals surface area contributed by atoms with Gasteiger partial charge in [0.05, 0.1) is 5.52 Å². The van der Waals surface area contributed by atoms with Gasteiger partial charge in [-0.25, -0.2) is 9.97 Å². The number of rotatable bonds is 4. The maximum absolute atomic E-state index is 12.9. The van der Waals surface area contributed by atoms with Crippen LogP contribution in [-0.2, 0) is 17.9 Å². The van der Waals surface area contributed by atoms with E-state index in [0.717, 1.165) is 15.8 Å². The van der Waals surface area contributed by atoms with Crippen LogP contribution in [0.3, 0.4) is 0 Å². The summed E-state index contributed by atoms with van der Waals surface area (Å²) in [6.45, 7) is 2.11. The molecule has 0 saturated carbocycles. The SMILES string of the molecule is Cc1nc2c(sc3ncccc32)c(=O)n1CC(=O)NCc1ccccc1. The van der Waals surface area contributed by atoms with E-state index in [4.69, 9.17) is 0 Å². The lowest BCUT2D eigenvalue weighted by molar-refractivity contribution is -0.121. The Morgan fingerprint density at radius 3 is 2.81 bits per heavy atom. The summed E-state index contributed by atoms with van der Waals surface area (Å²) in [5.41, 5.74) is 1.46. The number of fused-ring (bicyclic) bond motifs is 3. The molecule has 3 heterocycles. The van der Waals surface area contributed by atoms with Gasteiger partial charge in [0.25, 0.3) is 5.56 Å². The van der Waals surface area contributed by atoms with Crippen molar-refractivity contribution in [1.29, 1.82) is 0 Å². The van der Waals surface area contributed by atoms with Gasteiger partial charge in [-0.15, -0.1) is 11.3 Å². The number of thiophene rings is 1. The molecule has 0 spiro atoms. The fourth-order valence-corrected chi connectivity index (χ4v) is 3.88. The van der Waals surface area contributed by atoms with E-state index in [9.17, 15) is 9.59 Å². The monoisotopic (exact) mass is 364 g/mol. The molecular weight excluding hydrogens is 348 g/mol. The third-order valence-corrected chi connectivity index (χ3v) is 5.27. The summed E-state index contributed by atoms with van der Waals surface area (Å²) in [5.74, 6) is 0.292. The van der Waals surface area contributed by atoms with Crippen molar-refractivity contribution in [2.45, 2.75) is 20.0 Å². The molecule has 0 radical (unpaired) electrons. The topological polar surface area (TPSA) is 76.9 Å². The summed E-state index contributed by atoms with van der Waals surface area (Å²) in [5, 5.41) is 3.71. The highest BCUT2D eigenvalue weighted by Crippen LogP contribution is 2.28. The second-order valence-electron chi connectivity index (χ2n) is 5.95. The van der Waals surface area contributed by atoms with Crippen LogP contribution < -0.4 is 10.9 Å². The highest BCUT2D eigenvalue weighted by atomic mass is 32.1. The minimum absolute atomic E-state index is 0.0535. The molecule has 3 aromatic heterocycles. The molecule has 130 valence electrons. The lowest BCUT2D eigenvalue weighted by Gasteiger charge is -2.10. The number of amides is 1. The maximum Gasteiger partial charge on any atom is 0.272 e. The Balaban J connectivity index is 1.63. The van der Waals surface area contributed by atoms with Crippen molar-refractivity contribution in [2.24, 2.45) is 0 Å². The second-order valence-corrected chi connectivity index (χ2v) is 6.95. The van der Waals surface area contributed by atoms with Crippen LogP contribution in [0.2, 0.25) is 0 Å². The van der Waals surface area contributed by atoms with Gasteiger partial charge in [-0.3, -0.25) is 14.2 Å². The fraction of sp³-hybridized carbons (Fsp3) is 0.158. The van der Waals surface area contributed by atoms with Crippen LogP contribution >= 0.6 is 11.3 Å². The van der Waals surface area contributed by atoms with Crippen molar-refractivity contribution in [3.8, 4) is 0 Å². The Morgan fingerprint density at radius 2 is 2.00 bits per heavy atom. The lowest BCUT2D eigenvalue weighted by Crippen LogP contribution is -2.33. The highest BCUT2D eigenvalue weighted by Gasteiger charge is 2.16. The predicted molar refractivity (Wildman–Crippen MR) is 102 cm³/mol. The molecule has 0 aliphatic heterocycles. The van der Waals surface area contributed by atoms with E-state index in [0.29, 0.717) is 22.6 Å². The molecule has 1 amide bonds. The summed E-state index contributed by atoms with van der Waals surface area (Å²) >= 11 is 1.31. The van der Waals surface area contributed by atoms with Gasteiger partial charge < -0.3 is 5.32 Å². The summed E-state index contributed by atoms with van der Waals surface area (Å²) in [6.07, 6.45) is 1.69. The molecule has 0 aliphatic carbocycles. The number of benzene rings is 1. The van der Waals surface area contributed by atoms with E-state index in [1.165, 1.54) is 15.9 Å². The molecular formula is C19H16N4O2S. The molecule has 1 N–H and O–H groups in total. The largest absolute Gasteiger partial charge is 0.350 e. The minimum atomic E-state index is -0.223. The van der Waals surface area contributed by atoms with Crippen LogP contribution in [0.5, 0.6) is 0 Å². The predicted octanol–water partition coefficient (Wildman–Crippen LogP) is 2.63. The van der Waals surface area contributed by atoms with E-state index in [1.807, 2.05) is 42.5 Å². The number of carbonyl (C=O) groups excluding carboxylic acids is 1. The number of nitrogens with one attached hydrogen (secondary N) is 1. The Bertz CT molecular complexity index is 1160. The molecule has 0 unspecified atom stereocenters. The molecule has 0 bridgehead atoms. The molecule has 0 atom stereocenters. The van der Waals surface area contributed by atoms with Crippen LogP contribution in [0, 0.1) is 6.92 Å². The summed E-state index contributed by atoms with van der Waals surface area (Å²) in [7, 11) is 0. The van der Waals surface area contributed by atoms with Crippen LogP contribution in [0.25, 0.3) is 20.4 Å². The number of carbonyl (C=O) groups is 1. The first-order chi connectivity index (χ1) is 12.6. The minimum Gasteiger partial charge on any atom is -0.350 e. The van der Waals surface area contributed by atoms with E-state index in [2.05, 4.69) is 15.3 Å². The normalized spacial score (nSPS) is 11.1. The van der Waals surface area contributed by atoms with Gasteiger partial charge in [-0.05, 0) is 24.6 Å². The zero-order valence-corrected chi connectivity index (χ0v) is 14.9. The van der Waals surface area contributed by atoms with Gasteiger partial charge in [0.1, 0.15) is 21.9 Å². The molecule has 1 aromatic carbocycles. The van der Waals surface area contributed by atoms with E-state index in [1.54, 1.807) is 13.1 Å². The van der Waals surface area contributed by atoms with Gasteiger partial charge in [0.15, 0.2) is 0 Å². The first-order valence-corrected chi connectivity index (χ1v) is 9.00. The van der Waals surface area contributed by atoms with Gasteiger partial charge in [-0.2, -0.15) is 0 Å². The molecule has 26 heavy (non-hydrogen) atoms. The van der Waals surface area contributed by atoms with Crippen molar-refractivity contribution in [2.75, 3.05) is 0 Å². The first-order valence-electron chi connectivity index (χ1n) is 8.19. The van der Waals surface area contributed by atoms with E-state index in [-0.39, 0.29) is 18.0 Å². The standard InChI is InChI=1S/C19H16N4O2S/c1-12-22-16-14-8-5-9-20-18(14)26-17(16)19(25)23(12)11-15(24)21-10-13-6-3-2-4-7-13/h2-9H,10-11H2,1H3,(H,21,24). The van der Waals surface area contributed by atoms with Gasteiger partial charge in [0, 0.05) is 18.1 Å². The number of hydrogen-bond acceptors (Lipinski definition) is 5. The summed E-state index contributed by atoms with van der Waals surface area (Å²) < 4.78 is 1.94. The number of nitrogens with zero attached hydrogens (tertiary/aromatic N) is 3. The molecule has 0 saturated heterocycles. The van der Waals surface area contributed by atoms with Gasteiger partial charge in [0.2, 0.25) is 5.91 Å². The van der Waals surface area contributed by atoms with Crippen LogP contribution in [0.15, 0.2) is 53.5 Å². The Labute approximate surface area is 153 Å². The summed E-state index contributed by atoms with van der Waals surface area (Å²) in [6, 6.07) is 13.4. The molecule has 0 aliphatic rings. The van der Waals surface area contributed by atoms with E-state index < -0.39 is 0 Å². The van der Waals surface area contributed by atoms with Gasteiger partial charge in [-0.1, -0.05) is 30.3 Å². The Kier molecular flexibility index (Phi) is 4.22. The first kappa shape index (κ1) is 16.4. The van der Waals surface area contributed by atoms with Crippen molar-refractivity contribution in [1.82, 2.24) is 19.9 Å². The zero-order valence-electron chi connectivity index (χ0n) is 14.1. The third kappa shape index (κ3) is 2.97. The Morgan fingerprint density at radius 1 is 1.19 bits per heavy atom. The number of aromatic nitrogens is 3. The quantitative estimate of drug-likeness (QED) is 0.604. The third-order valence-electron chi connectivity index (χ3n) is 4.18. The van der Waals surface area contributed by atoms with Crippen LogP contribution in [0.1, 0.15) is 11.4 Å². The maximum atomic E-state index is 12.9. The molecule has 6 nitrogen and oxygen atoms in total. The van der Waals surface area contributed by atoms with Crippen LogP contribution in [0.4, 0.5) is 0 Å². The van der Waals surface area contributed by atoms with E-state index >= 15 is 0 Å². The number of pyridine rings is 1. The van der Waals surface area contributed by atoms with Crippen molar-refractivity contribution < 1.29 is 4.79 Å². The molecule has 7 heteroatoms. The van der Waals surface area contributed by atoms with Crippen molar-refractivity contribution in [3.63, 3.8) is 0 Å². The highest BCUT2D eigenvalue weighted by molar-refractivity contribution is 7.25. The molecule has 0 fully saturated rings. The number of aryl methyl sites for hydroxylation is 1. The van der Waals surface area contributed by atoms with Crippen molar-refractivity contribution in [3.05, 3.63) is 70.4 Å². The molecule has 4 rings (SSSR count). The Hall–Kier alpha value is -3.06. The average molecular weight is 364 g/mol. The summed E-state index contributed by atoms with van der Waals surface area (Å²) in [4.78, 5) is 34.8.